The zero-order chi connectivity index (χ0) is 19.1. The molecule has 3 atom stereocenters. The summed E-state index contributed by atoms with van der Waals surface area (Å²) in [5, 5.41) is 19.4. The molecule has 0 spiro atoms. The van der Waals surface area contributed by atoms with Crippen LogP contribution in [0.15, 0.2) is 84.5 Å². The van der Waals surface area contributed by atoms with Crippen LogP contribution in [0, 0.1) is 0 Å². The van der Waals surface area contributed by atoms with Gasteiger partial charge in [0.05, 0.1) is 24.9 Å². The van der Waals surface area contributed by atoms with Gasteiger partial charge >= 0.3 is 0 Å². The Morgan fingerprint density at radius 3 is 2.93 bits per heavy atom. The fourth-order valence-corrected chi connectivity index (χ4v) is 3.62. The maximum absolute atomic E-state index is 10.1. The average molecular weight is 364 g/mol. The second-order valence-electron chi connectivity index (χ2n) is 7.16. The minimum Gasteiger partial charge on any atom is -0.394 e. The smallest absolute Gasteiger partial charge is 0.0854 e. The van der Waals surface area contributed by atoms with Crippen LogP contribution >= 0.6 is 0 Å². The van der Waals surface area contributed by atoms with Crippen LogP contribution in [0.3, 0.4) is 0 Å². The van der Waals surface area contributed by atoms with Crippen molar-refractivity contribution < 1.29 is 14.9 Å². The normalized spacial score (nSPS) is 31.4. The predicted molar refractivity (Wildman–Crippen MR) is 109 cm³/mol. The molecular formula is C24H28O3. The van der Waals surface area contributed by atoms with Crippen LogP contribution in [0.5, 0.6) is 0 Å². The van der Waals surface area contributed by atoms with Crippen molar-refractivity contribution >= 4 is 0 Å². The molecule has 1 aliphatic heterocycles. The van der Waals surface area contributed by atoms with Crippen LogP contribution in [0.4, 0.5) is 0 Å². The molecule has 1 aliphatic carbocycles. The first-order chi connectivity index (χ1) is 13.2. The van der Waals surface area contributed by atoms with Gasteiger partial charge in [0.1, 0.15) is 0 Å². The van der Waals surface area contributed by atoms with E-state index in [-0.39, 0.29) is 18.8 Å². The summed E-state index contributed by atoms with van der Waals surface area (Å²) in [5.74, 6) is 0. The van der Waals surface area contributed by atoms with E-state index in [0.29, 0.717) is 12.8 Å². The van der Waals surface area contributed by atoms with Gasteiger partial charge in [-0.2, -0.15) is 0 Å². The number of ether oxygens (including phenoxy) is 1. The van der Waals surface area contributed by atoms with E-state index in [4.69, 9.17) is 4.74 Å². The molecule has 3 heteroatoms. The van der Waals surface area contributed by atoms with Crippen LogP contribution in [-0.2, 0) is 11.2 Å². The van der Waals surface area contributed by atoms with Gasteiger partial charge in [0.15, 0.2) is 0 Å². The molecule has 1 aromatic rings. The van der Waals surface area contributed by atoms with Gasteiger partial charge in [-0.25, -0.2) is 0 Å². The molecule has 1 fully saturated rings. The minimum absolute atomic E-state index is 0.0560. The molecule has 0 radical (unpaired) electrons. The van der Waals surface area contributed by atoms with Crippen LogP contribution in [0.1, 0.15) is 36.5 Å². The van der Waals surface area contributed by atoms with Crippen molar-refractivity contribution in [1.29, 1.82) is 0 Å². The summed E-state index contributed by atoms with van der Waals surface area (Å²) >= 11 is 0. The summed E-state index contributed by atoms with van der Waals surface area (Å²) in [6, 6.07) is 8.34. The number of benzene rings is 1. The van der Waals surface area contributed by atoms with Crippen LogP contribution in [0.25, 0.3) is 0 Å². The Bertz CT molecular complexity index is 770. The third-order valence-corrected chi connectivity index (χ3v) is 4.95. The molecule has 0 aromatic heterocycles. The Morgan fingerprint density at radius 1 is 1.22 bits per heavy atom. The maximum atomic E-state index is 10.1. The molecule has 27 heavy (non-hydrogen) atoms. The first-order valence-electron chi connectivity index (χ1n) is 9.56. The maximum Gasteiger partial charge on any atom is 0.0854 e. The Kier molecular flexibility index (Phi) is 6.99. The summed E-state index contributed by atoms with van der Waals surface area (Å²) in [6.45, 7) is 3.70. The number of aliphatic hydroxyl groups is 2. The molecule has 3 unspecified atom stereocenters. The van der Waals surface area contributed by atoms with Gasteiger partial charge in [0.25, 0.3) is 0 Å². The third-order valence-electron chi connectivity index (χ3n) is 4.95. The fourth-order valence-electron chi connectivity index (χ4n) is 3.62. The first-order valence-corrected chi connectivity index (χ1v) is 9.56. The SMILES string of the molecule is C=C\C=C1/C=C\C=C(Cc2cccc(C3CC(O)CC(CO)O3)c2)\C=C/C1. The number of hydrogen-bond acceptors (Lipinski definition) is 3. The van der Waals surface area contributed by atoms with E-state index in [2.05, 4.69) is 49.1 Å². The van der Waals surface area contributed by atoms with Crippen molar-refractivity contribution in [3.63, 3.8) is 0 Å². The fraction of sp³-hybridized carbons (Fsp3) is 0.333. The molecule has 2 N–H and O–H groups in total. The van der Waals surface area contributed by atoms with Crippen molar-refractivity contribution in [1.82, 2.24) is 0 Å². The number of aliphatic hydroxyl groups excluding tert-OH is 2. The zero-order valence-electron chi connectivity index (χ0n) is 15.6. The zero-order valence-corrected chi connectivity index (χ0v) is 15.6. The highest BCUT2D eigenvalue weighted by Gasteiger charge is 2.28. The predicted octanol–water partition coefficient (Wildman–Crippen LogP) is 4.36. The summed E-state index contributed by atoms with van der Waals surface area (Å²) < 4.78 is 5.94. The van der Waals surface area contributed by atoms with E-state index in [1.807, 2.05) is 24.3 Å². The van der Waals surface area contributed by atoms with E-state index < -0.39 is 6.10 Å². The summed E-state index contributed by atoms with van der Waals surface area (Å²) in [6.07, 6.45) is 16.5. The first kappa shape index (κ1) is 19.6. The molecule has 3 rings (SSSR count). The Balaban J connectivity index is 1.72. The average Bonchev–Trinajstić information content (AvgIpc) is 2.65. The van der Waals surface area contributed by atoms with Gasteiger partial charge in [0, 0.05) is 12.8 Å². The van der Waals surface area contributed by atoms with Crippen molar-refractivity contribution in [2.45, 2.75) is 44.0 Å². The van der Waals surface area contributed by atoms with Crippen molar-refractivity contribution in [2.75, 3.05) is 6.61 Å². The lowest BCUT2D eigenvalue weighted by atomic mass is 9.93. The van der Waals surface area contributed by atoms with Gasteiger partial charge in [0.2, 0.25) is 0 Å². The number of hydrogen-bond donors (Lipinski definition) is 2. The van der Waals surface area contributed by atoms with E-state index in [9.17, 15) is 10.2 Å². The summed E-state index contributed by atoms with van der Waals surface area (Å²) in [5.41, 5.74) is 4.76. The topological polar surface area (TPSA) is 49.7 Å². The molecule has 0 amide bonds. The van der Waals surface area contributed by atoms with Crippen molar-refractivity contribution in [2.24, 2.45) is 0 Å². The van der Waals surface area contributed by atoms with E-state index >= 15 is 0 Å². The standard InChI is InChI=1S/C24H28O3/c1-2-6-18-7-3-9-19(10-4-8-18)13-20-11-5-12-21(14-20)24-16-22(26)15-23(17-25)27-24/h2-7,9-12,14,22-26H,1,8,13,15-17H2/b7-3-,10-4-,18-6+,19-9-. The molecule has 2 aliphatic rings. The Morgan fingerprint density at radius 2 is 2.11 bits per heavy atom. The highest BCUT2D eigenvalue weighted by atomic mass is 16.5. The lowest BCUT2D eigenvalue weighted by Crippen LogP contribution is -2.33. The Hall–Kier alpha value is -2.20. The van der Waals surface area contributed by atoms with Crippen molar-refractivity contribution in [3.8, 4) is 0 Å². The summed E-state index contributed by atoms with van der Waals surface area (Å²) in [7, 11) is 0. The summed E-state index contributed by atoms with van der Waals surface area (Å²) in [4.78, 5) is 0. The molecule has 142 valence electrons. The second kappa shape index (κ2) is 9.65. The van der Waals surface area contributed by atoms with Gasteiger partial charge in [-0.1, -0.05) is 73.4 Å². The van der Waals surface area contributed by atoms with Crippen LogP contribution < -0.4 is 0 Å². The highest BCUT2D eigenvalue weighted by Crippen LogP contribution is 2.32. The highest BCUT2D eigenvalue weighted by molar-refractivity contribution is 5.38. The molecule has 1 saturated heterocycles. The monoisotopic (exact) mass is 364 g/mol. The number of allylic oxidation sites excluding steroid dienone is 9. The van der Waals surface area contributed by atoms with E-state index in [0.717, 1.165) is 18.4 Å². The molecule has 0 bridgehead atoms. The largest absolute Gasteiger partial charge is 0.394 e. The van der Waals surface area contributed by atoms with Gasteiger partial charge in [-0.15, -0.1) is 0 Å². The number of rotatable bonds is 5. The van der Waals surface area contributed by atoms with E-state index in [1.54, 1.807) is 0 Å². The molecular weight excluding hydrogens is 336 g/mol. The van der Waals surface area contributed by atoms with Crippen LogP contribution in [0.2, 0.25) is 0 Å². The minimum atomic E-state index is -0.427. The van der Waals surface area contributed by atoms with E-state index in [1.165, 1.54) is 16.7 Å². The molecule has 1 aromatic carbocycles. The van der Waals surface area contributed by atoms with Gasteiger partial charge in [-0.05, 0) is 35.1 Å². The van der Waals surface area contributed by atoms with Crippen molar-refractivity contribution in [3.05, 3.63) is 95.6 Å². The third kappa shape index (κ3) is 5.64. The molecule has 0 saturated carbocycles. The van der Waals surface area contributed by atoms with Gasteiger partial charge in [-0.3, -0.25) is 0 Å². The Labute approximate surface area is 161 Å². The molecule has 1 heterocycles. The quantitative estimate of drug-likeness (QED) is 0.816. The molecule has 3 nitrogen and oxygen atoms in total. The lowest BCUT2D eigenvalue weighted by molar-refractivity contribution is -0.113. The van der Waals surface area contributed by atoms with Gasteiger partial charge < -0.3 is 14.9 Å². The van der Waals surface area contributed by atoms with Crippen LogP contribution in [-0.4, -0.2) is 29.0 Å². The lowest BCUT2D eigenvalue weighted by Gasteiger charge is -2.32. The second-order valence-corrected chi connectivity index (χ2v) is 7.16.